The molecule has 0 atom stereocenters. The molecule has 5 aromatic heterocycles. The molecule has 0 unspecified atom stereocenters. The van der Waals surface area contributed by atoms with Crippen LogP contribution < -0.4 is 92.5 Å². The Morgan fingerprint density at radius 1 is 0.477 bits per heavy atom. The number of rotatable bonds is 34. The standard InChI is InChI=1S/C32H43ClN7O2P.C26H33ClN5O4P.C23H26F3N4O4PS.C21H25ClN5O4PS/c1-32(2)20-23-27(40-14-12-22(13-15-40)39-18-16-38(3)17-19-39)11-10-26(29(23)42-32)36-31-34-21-24(33)30(37-31)35-25-8-6-7-9-28(25)43(4,5)41;1-34-23-17-19(36-14-6-11-32-12-15-35-16-13-32)9-10-21(23)30-26-28-18-20(27)25(31-26)29-22-7-4-5-8-24(22)37(2,3)33;1-14(2)36(32,33)20-9-7-6-8-18(20)28-21-16(23(24,25)26)13-27-22(30-21)29-17-11-10-15(35(4,5)31)12-19(17)34-3;1-13(2)33(29,30)17-9-7-6-8-15(17)24-19-14(22)12-23-21(27-19)25-16-10-11-18(32(4,5)28)26-20(16)31-3/h6-11,21-22H,12-20H2,1-5H3,(H2,34,35,36,37);4-5,7-10,17-18H,6,11-16H2,1-3H3,(H2,28,29,30,31);6-14H,1-5H3,(H2,27,28,29,30);6-13H,1-5H3,(H2,23,24,25,27). The number of hydrogen-bond donors (Lipinski definition) is 8. The van der Waals surface area contributed by atoms with Crippen LogP contribution in [0, 0.1) is 0 Å². The molecule has 0 aliphatic carbocycles. The molecule has 0 bridgehead atoms. The summed E-state index contributed by atoms with van der Waals surface area (Å²) in [6.45, 7) is 35.8. The van der Waals surface area contributed by atoms with Crippen LogP contribution in [-0.4, -0.2) is 259 Å². The molecule has 7 aromatic carbocycles. The molecule has 798 valence electrons. The summed E-state index contributed by atoms with van der Waals surface area (Å²) in [5.41, 5.74) is 5.47. The lowest BCUT2D eigenvalue weighted by atomic mass is 9.96. The van der Waals surface area contributed by atoms with Crippen LogP contribution in [0.15, 0.2) is 192 Å². The summed E-state index contributed by atoms with van der Waals surface area (Å²) in [6, 6.07) is 45.8. The van der Waals surface area contributed by atoms with E-state index in [0.717, 1.165) is 99.7 Å². The summed E-state index contributed by atoms with van der Waals surface area (Å²) in [5, 5.41) is 26.0. The molecule has 0 radical (unpaired) electrons. The fourth-order valence-corrected chi connectivity index (χ4v) is 23.2. The number of halogens is 6. The normalized spacial score (nSPS) is 14.9. The average molecular weight is 2220 g/mol. The highest BCUT2D eigenvalue weighted by molar-refractivity contribution is 7.92. The van der Waals surface area contributed by atoms with Gasteiger partial charge >= 0.3 is 6.18 Å². The van der Waals surface area contributed by atoms with Crippen LogP contribution in [0.25, 0.3) is 0 Å². The second-order valence-corrected chi connectivity index (χ2v) is 57.3. The first kappa shape index (κ1) is 115. The molecule has 8 N–H and O–H groups in total. The fourth-order valence-electron chi connectivity index (χ4n) is 16.5. The molecule has 149 heavy (non-hydrogen) atoms. The van der Waals surface area contributed by atoms with Crippen LogP contribution in [0.5, 0.6) is 28.9 Å². The number of likely N-dealkylation sites (N-methyl/N-ethyl adjacent to an activating group) is 1. The van der Waals surface area contributed by atoms with Crippen LogP contribution in [0.4, 0.5) is 111 Å². The number of hydrogen-bond acceptors (Lipinski definition) is 35. The van der Waals surface area contributed by atoms with E-state index in [4.69, 9.17) is 63.2 Å². The Balaban J connectivity index is 0.000000167. The Bertz CT molecular complexity index is 7220. The highest BCUT2D eigenvalue weighted by Crippen LogP contribution is 2.50. The number of piperazine rings is 1. The minimum Gasteiger partial charge on any atom is -0.495 e. The summed E-state index contributed by atoms with van der Waals surface area (Å²) < 4.78 is 177. The molecule has 0 amide bonds. The Morgan fingerprint density at radius 2 is 0.913 bits per heavy atom. The van der Waals surface area contributed by atoms with Gasteiger partial charge in [-0.1, -0.05) is 83.3 Å². The predicted molar refractivity (Wildman–Crippen MR) is 594 cm³/mol. The minimum atomic E-state index is -4.81. The Labute approximate surface area is 883 Å². The molecule has 0 saturated carbocycles. The topological polar surface area (TPSA) is 417 Å². The third-order valence-electron chi connectivity index (χ3n) is 24.6. The van der Waals surface area contributed by atoms with Crippen LogP contribution >= 0.6 is 63.4 Å². The van der Waals surface area contributed by atoms with Gasteiger partial charge in [0.25, 0.3) is 0 Å². The van der Waals surface area contributed by atoms with Gasteiger partial charge in [-0.05, 0) is 224 Å². The van der Waals surface area contributed by atoms with E-state index < -0.39 is 76.3 Å². The smallest absolute Gasteiger partial charge is 0.421 e. The van der Waals surface area contributed by atoms with E-state index in [1.54, 1.807) is 129 Å². The second kappa shape index (κ2) is 49.3. The van der Waals surface area contributed by atoms with Gasteiger partial charge in [0.1, 0.15) is 94.7 Å². The SMILES string of the molecule is CN1CCN(C2CCN(c3ccc(Nc4ncc(Cl)c(Nc5ccccc5P(C)(C)=O)n4)c4c3CC(C)(C)O4)CC2)CC1.COc1cc(OCCCN2CCOCC2)ccc1Nc1ncc(Cl)c(Nc2ccccc2P(C)(C)=O)n1.COc1cc(P(C)(C)=O)ccc1Nc1ncc(C(F)(F)F)c(Nc2ccccc2S(=O)(=O)C(C)C)n1.COc1nc(P(C)(C)=O)ccc1Nc1ncc(Cl)c(Nc2ccccc2S(=O)(=O)C(C)C)n1. The van der Waals surface area contributed by atoms with E-state index in [1.807, 2.05) is 66.7 Å². The van der Waals surface area contributed by atoms with Crippen molar-refractivity contribution in [2.24, 2.45) is 0 Å². The summed E-state index contributed by atoms with van der Waals surface area (Å²) in [7, 11) is -10.8. The van der Waals surface area contributed by atoms with Crippen LogP contribution in [-0.2, 0) is 55.3 Å². The van der Waals surface area contributed by atoms with E-state index in [2.05, 4.69) is 140 Å². The molecule has 3 saturated heterocycles. The van der Waals surface area contributed by atoms with Gasteiger partial charge in [-0.25, -0.2) is 41.8 Å². The average Bonchev–Trinajstić information content (AvgIpc) is 1.61. The first-order valence-electron chi connectivity index (χ1n) is 48.0. The zero-order valence-electron chi connectivity index (χ0n) is 86.3. The van der Waals surface area contributed by atoms with Crippen molar-refractivity contribution < 1.29 is 76.7 Å². The lowest BCUT2D eigenvalue weighted by molar-refractivity contribution is -0.137. The predicted octanol–water partition coefficient (Wildman–Crippen LogP) is 20.6. The molecule has 3 fully saturated rings. The third-order valence-corrected chi connectivity index (χ3v) is 35.8. The Hall–Kier alpha value is -11.5. The number of nitrogens with one attached hydrogen (secondary N) is 8. The lowest BCUT2D eigenvalue weighted by Gasteiger charge is -2.43. The summed E-state index contributed by atoms with van der Waals surface area (Å²) in [6.07, 6.45) is 4.41. The van der Waals surface area contributed by atoms with Gasteiger partial charge in [0.2, 0.25) is 29.7 Å². The fraction of sp³-hybridized carbons (Fsp3) is 0.382. The molecule has 4 aliphatic heterocycles. The number of alkyl halides is 3. The molecule has 9 heterocycles. The first-order valence-corrected chi connectivity index (χ1v) is 62.6. The maximum absolute atomic E-state index is 13.7. The van der Waals surface area contributed by atoms with Gasteiger partial charge in [0.05, 0.1) is 120 Å². The van der Waals surface area contributed by atoms with Crippen LogP contribution in [0.1, 0.15) is 71.9 Å². The largest absolute Gasteiger partial charge is 0.495 e. The van der Waals surface area contributed by atoms with E-state index in [9.17, 15) is 48.3 Å². The monoisotopic (exact) mass is 2220 g/mol. The number of para-hydroxylation sites is 4. The van der Waals surface area contributed by atoms with Crippen molar-refractivity contribution in [2.45, 2.75) is 105 Å². The molecule has 0 spiro atoms. The maximum atomic E-state index is 13.7. The van der Waals surface area contributed by atoms with Crippen molar-refractivity contribution in [2.75, 3.05) is 208 Å². The summed E-state index contributed by atoms with van der Waals surface area (Å²) in [4.78, 5) is 48.6. The first-order chi connectivity index (χ1) is 70.4. The number of morpholine rings is 1. The second-order valence-electron chi connectivity index (χ2n) is 38.4. The van der Waals surface area contributed by atoms with Gasteiger partial charge in [-0.2, -0.15) is 33.1 Å². The molecule has 4 aliphatic rings. The highest BCUT2D eigenvalue weighted by Gasteiger charge is 2.40. The molecule has 35 nitrogen and oxygen atoms in total. The van der Waals surface area contributed by atoms with E-state index in [-0.39, 0.29) is 49.7 Å². The van der Waals surface area contributed by atoms with Crippen molar-refractivity contribution in [3.8, 4) is 28.9 Å². The van der Waals surface area contributed by atoms with Crippen LogP contribution in [0.2, 0.25) is 15.1 Å². The quantitative estimate of drug-likeness (QED) is 0.0137. The van der Waals surface area contributed by atoms with Gasteiger partial charge in [0, 0.05) is 111 Å². The molecule has 12 aromatic rings. The molecular formula is C102H127Cl3F3N21O14P4S2. The van der Waals surface area contributed by atoms with Crippen LogP contribution in [0.3, 0.4) is 0 Å². The number of pyridine rings is 1. The van der Waals surface area contributed by atoms with Crippen molar-refractivity contribution in [3.05, 3.63) is 209 Å². The van der Waals surface area contributed by atoms with Gasteiger partial charge in [-0.15, -0.1) is 0 Å². The molecule has 47 heteroatoms. The van der Waals surface area contributed by atoms with E-state index >= 15 is 0 Å². The van der Waals surface area contributed by atoms with Gasteiger partial charge in [0.15, 0.2) is 37.1 Å². The summed E-state index contributed by atoms with van der Waals surface area (Å²) in [5.74, 6) is 3.86. The van der Waals surface area contributed by atoms with Gasteiger partial charge < -0.3 is 99.0 Å². The number of piperidine rings is 1. The number of aromatic nitrogens is 9. The molecular weight excluding hydrogens is 2090 g/mol. The maximum Gasteiger partial charge on any atom is 0.421 e. The number of benzene rings is 7. The number of ether oxygens (including phenoxy) is 6. The van der Waals surface area contributed by atoms with Crippen molar-refractivity contribution in [1.82, 2.24) is 59.6 Å². The Morgan fingerprint density at radius 3 is 1.39 bits per heavy atom. The number of methoxy groups -OCH3 is 3. The van der Waals surface area contributed by atoms with E-state index in [1.165, 1.54) is 108 Å². The third kappa shape index (κ3) is 30.3. The van der Waals surface area contributed by atoms with Gasteiger partial charge in [-0.3, -0.25) is 9.80 Å². The minimum absolute atomic E-state index is 0.0510. The van der Waals surface area contributed by atoms with Crippen molar-refractivity contribution >= 4 is 203 Å². The number of sulfone groups is 2. The zero-order chi connectivity index (χ0) is 108. The number of anilines is 17. The number of fused-ring (bicyclic) bond motifs is 1. The van der Waals surface area contributed by atoms with Crippen molar-refractivity contribution in [1.29, 1.82) is 0 Å². The number of nitrogens with zero attached hydrogens (tertiary/aromatic N) is 13. The molecule has 16 rings (SSSR count). The highest BCUT2D eigenvalue weighted by atomic mass is 35.5. The Kier molecular flexibility index (Phi) is 37.9. The zero-order valence-corrected chi connectivity index (χ0v) is 93.7. The summed E-state index contributed by atoms with van der Waals surface area (Å²) >= 11 is 19.1. The lowest BCUT2D eigenvalue weighted by Crippen LogP contribution is -2.52. The van der Waals surface area contributed by atoms with Crippen molar-refractivity contribution in [3.63, 3.8) is 0 Å². The van der Waals surface area contributed by atoms with E-state index in [0.29, 0.717) is 109 Å².